The number of nitrogens with zero attached hydrogens (tertiary/aromatic N) is 2. The molecule has 0 radical (unpaired) electrons. The van der Waals surface area contributed by atoms with Crippen LogP contribution >= 0.6 is 0 Å². The highest BCUT2D eigenvalue weighted by molar-refractivity contribution is 5.95. The van der Waals surface area contributed by atoms with Crippen LogP contribution in [0.3, 0.4) is 0 Å². The summed E-state index contributed by atoms with van der Waals surface area (Å²) < 4.78 is 19.9. The van der Waals surface area contributed by atoms with Crippen LogP contribution in [-0.2, 0) is 9.53 Å². The van der Waals surface area contributed by atoms with Crippen LogP contribution in [0.15, 0.2) is 18.2 Å². The Hall–Kier alpha value is -1.62. The molecule has 3 rings (SSSR count). The molecule has 0 bridgehead atoms. The Labute approximate surface area is 137 Å². The molecule has 1 aliphatic heterocycles. The second-order valence-electron chi connectivity index (χ2n) is 6.35. The first-order valence-electron chi connectivity index (χ1n) is 8.64. The Kier molecular flexibility index (Phi) is 5.16. The molecule has 1 saturated heterocycles. The highest BCUT2D eigenvalue weighted by Crippen LogP contribution is 2.32. The van der Waals surface area contributed by atoms with E-state index in [4.69, 9.17) is 4.74 Å². The van der Waals surface area contributed by atoms with Gasteiger partial charge in [0.1, 0.15) is 5.82 Å². The van der Waals surface area contributed by atoms with Crippen LogP contribution < -0.4 is 9.80 Å². The van der Waals surface area contributed by atoms with Crippen LogP contribution in [0.4, 0.5) is 15.8 Å². The van der Waals surface area contributed by atoms with E-state index in [2.05, 4.69) is 0 Å². The summed E-state index contributed by atoms with van der Waals surface area (Å²) in [5.74, 6) is 0.0204. The van der Waals surface area contributed by atoms with Crippen LogP contribution in [0.5, 0.6) is 0 Å². The summed E-state index contributed by atoms with van der Waals surface area (Å²) in [5, 5.41) is 0. The number of carbonyl (C=O) groups excluding carboxylic acids is 1. The van der Waals surface area contributed by atoms with E-state index in [1.807, 2.05) is 17.9 Å². The molecule has 1 aromatic rings. The number of rotatable bonds is 5. The lowest BCUT2D eigenvalue weighted by molar-refractivity contribution is -0.124. The maximum absolute atomic E-state index is 14.6. The third-order valence-corrected chi connectivity index (χ3v) is 4.76. The van der Waals surface area contributed by atoms with Crippen molar-refractivity contribution in [1.82, 2.24) is 0 Å². The van der Waals surface area contributed by atoms with Crippen molar-refractivity contribution < 1.29 is 13.9 Å². The van der Waals surface area contributed by atoms with Crippen LogP contribution in [-0.4, -0.2) is 38.8 Å². The Bertz CT molecular complexity index is 554. The average molecular weight is 320 g/mol. The van der Waals surface area contributed by atoms with Gasteiger partial charge in [-0.2, -0.15) is 0 Å². The quantitative estimate of drug-likeness (QED) is 0.835. The Morgan fingerprint density at radius 1 is 1.35 bits per heavy atom. The van der Waals surface area contributed by atoms with Crippen molar-refractivity contribution in [2.45, 2.75) is 32.6 Å². The zero-order valence-corrected chi connectivity index (χ0v) is 13.8. The van der Waals surface area contributed by atoms with E-state index in [9.17, 15) is 9.18 Å². The highest BCUT2D eigenvalue weighted by atomic mass is 19.1. The molecule has 0 unspecified atom stereocenters. The Morgan fingerprint density at radius 2 is 2.09 bits per heavy atom. The molecule has 0 N–H and O–H groups in total. The smallest absolute Gasteiger partial charge is 0.230 e. The maximum atomic E-state index is 14.6. The van der Waals surface area contributed by atoms with Gasteiger partial charge in [-0.05, 0) is 37.5 Å². The maximum Gasteiger partial charge on any atom is 0.230 e. The van der Waals surface area contributed by atoms with E-state index in [0.717, 1.165) is 25.7 Å². The highest BCUT2D eigenvalue weighted by Gasteiger charge is 2.30. The SMILES string of the molecule is CCCN(C(=O)C1CCC1)c1ccc(N2CCOCC2)c(F)c1. The number of amides is 1. The molecule has 0 atom stereocenters. The molecular formula is C18H25FN2O2. The van der Waals surface area contributed by atoms with E-state index in [-0.39, 0.29) is 17.6 Å². The second-order valence-corrected chi connectivity index (χ2v) is 6.35. The predicted molar refractivity (Wildman–Crippen MR) is 89.4 cm³/mol. The van der Waals surface area contributed by atoms with Crippen molar-refractivity contribution in [1.29, 1.82) is 0 Å². The molecule has 2 aliphatic rings. The number of anilines is 2. The number of carbonyl (C=O) groups is 1. The molecule has 1 heterocycles. The third kappa shape index (κ3) is 3.50. The fourth-order valence-electron chi connectivity index (χ4n) is 3.19. The third-order valence-electron chi connectivity index (χ3n) is 4.76. The van der Waals surface area contributed by atoms with Gasteiger partial charge < -0.3 is 14.5 Å². The number of hydrogen-bond donors (Lipinski definition) is 0. The van der Waals surface area contributed by atoms with Gasteiger partial charge >= 0.3 is 0 Å². The molecule has 1 amide bonds. The van der Waals surface area contributed by atoms with E-state index in [0.29, 0.717) is 44.2 Å². The fraction of sp³-hybridized carbons (Fsp3) is 0.611. The second kappa shape index (κ2) is 7.30. The Morgan fingerprint density at radius 3 is 2.65 bits per heavy atom. The molecule has 1 aliphatic carbocycles. The summed E-state index contributed by atoms with van der Waals surface area (Å²) in [6, 6.07) is 5.18. The summed E-state index contributed by atoms with van der Waals surface area (Å²) in [4.78, 5) is 16.4. The zero-order valence-electron chi connectivity index (χ0n) is 13.8. The van der Waals surface area contributed by atoms with Gasteiger partial charge in [-0.25, -0.2) is 4.39 Å². The lowest BCUT2D eigenvalue weighted by Gasteiger charge is -2.33. The van der Waals surface area contributed by atoms with Gasteiger partial charge in [0.2, 0.25) is 5.91 Å². The minimum absolute atomic E-state index is 0.128. The van der Waals surface area contributed by atoms with Crippen molar-refractivity contribution in [2.24, 2.45) is 5.92 Å². The van der Waals surface area contributed by atoms with Gasteiger partial charge in [-0.1, -0.05) is 13.3 Å². The predicted octanol–water partition coefficient (Wildman–Crippen LogP) is 3.21. The number of benzene rings is 1. The number of morpholine rings is 1. The summed E-state index contributed by atoms with van der Waals surface area (Å²) in [6.45, 7) is 5.35. The van der Waals surface area contributed by atoms with E-state index in [1.165, 1.54) is 6.07 Å². The minimum atomic E-state index is -0.257. The molecule has 23 heavy (non-hydrogen) atoms. The van der Waals surface area contributed by atoms with Crippen molar-refractivity contribution in [2.75, 3.05) is 42.6 Å². The van der Waals surface area contributed by atoms with Crippen LogP contribution in [0, 0.1) is 11.7 Å². The van der Waals surface area contributed by atoms with E-state index in [1.54, 1.807) is 11.0 Å². The lowest BCUT2D eigenvalue weighted by Crippen LogP contribution is -2.40. The van der Waals surface area contributed by atoms with Gasteiger partial charge in [0.15, 0.2) is 0 Å². The molecule has 2 fully saturated rings. The van der Waals surface area contributed by atoms with Crippen LogP contribution in [0.1, 0.15) is 32.6 Å². The van der Waals surface area contributed by atoms with Crippen molar-refractivity contribution in [3.05, 3.63) is 24.0 Å². The first-order valence-corrected chi connectivity index (χ1v) is 8.64. The normalized spacial score (nSPS) is 18.6. The van der Waals surface area contributed by atoms with Gasteiger partial charge in [0.25, 0.3) is 0 Å². The molecule has 5 heteroatoms. The fourth-order valence-corrected chi connectivity index (χ4v) is 3.19. The minimum Gasteiger partial charge on any atom is -0.378 e. The van der Waals surface area contributed by atoms with Crippen molar-refractivity contribution >= 4 is 17.3 Å². The van der Waals surface area contributed by atoms with E-state index >= 15 is 0 Å². The molecule has 1 saturated carbocycles. The first-order chi connectivity index (χ1) is 11.2. The standard InChI is InChI=1S/C18H25FN2O2/c1-2-8-21(18(22)14-4-3-5-14)15-6-7-17(16(19)13-15)20-9-11-23-12-10-20/h6-7,13-14H,2-5,8-12H2,1H3. The van der Waals surface area contributed by atoms with Crippen LogP contribution in [0.2, 0.25) is 0 Å². The summed E-state index contributed by atoms with van der Waals surface area (Å²) in [7, 11) is 0. The molecule has 0 spiro atoms. The first kappa shape index (κ1) is 16.2. The summed E-state index contributed by atoms with van der Waals surface area (Å²) in [5.41, 5.74) is 1.28. The van der Waals surface area contributed by atoms with Crippen molar-refractivity contribution in [3.63, 3.8) is 0 Å². The number of ether oxygens (including phenoxy) is 1. The van der Waals surface area contributed by atoms with Crippen molar-refractivity contribution in [3.8, 4) is 0 Å². The monoisotopic (exact) mass is 320 g/mol. The zero-order chi connectivity index (χ0) is 16.2. The lowest BCUT2D eigenvalue weighted by atomic mass is 9.84. The van der Waals surface area contributed by atoms with Gasteiger partial charge in [-0.3, -0.25) is 4.79 Å². The molecular weight excluding hydrogens is 295 g/mol. The topological polar surface area (TPSA) is 32.8 Å². The largest absolute Gasteiger partial charge is 0.378 e. The van der Waals surface area contributed by atoms with E-state index < -0.39 is 0 Å². The number of hydrogen-bond acceptors (Lipinski definition) is 3. The molecule has 126 valence electrons. The molecule has 1 aromatic carbocycles. The number of halogens is 1. The van der Waals surface area contributed by atoms with Crippen LogP contribution in [0.25, 0.3) is 0 Å². The van der Waals surface area contributed by atoms with Gasteiger partial charge in [-0.15, -0.1) is 0 Å². The summed E-state index contributed by atoms with van der Waals surface area (Å²) in [6.07, 6.45) is 3.92. The summed E-state index contributed by atoms with van der Waals surface area (Å²) >= 11 is 0. The molecule has 4 nitrogen and oxygen atoms in total. The Balaban J connectivity index is 1.79. The van der Waals surface area contributed by atoms with Gasteiger partial charge in [0, 0.05) is 31.2 Å². The van der Waals surface area contributed by atoms with Gasteiger partial charge in [0.05, 0.1) is 18.9 Å². The average Bonchev–Trinajstić information content (AvgIpc) is 2.51. The molecule has 0 aromatic heterocycles.